The van der Waals surface area contributed by atoms with E-state index in [-0.39, 0.29) is 0 Å². The topological polar surface area (TPSA) is 77.3 Å². The Hall–Kier alpha value is -2.73. The van der Waals surface area contributed by atoms with E-state index in [1.807, 2.05) is 38.1 Å². The molecule has 132 valence electrons. The molecule has 6 heteroatoms. The summed E-state index contributed by atoms with van der Waals surface area (Å²) in [4.78, 5) is 5.55. The minimum Gasteiger partial charge on any atom is -0.415 e. The van der Waals surface area contributed by atoms with Crippen molar-refractivity contribution in [1.29, 1.82) is 0 Å². The smallest absolute Gasteiger partial charge is 0.260 e. The summed E-state index contributed by atoms with van der Waals surface area (Å²) < 4.78 is 6.87. The van der Waals surface area contributed by atoms with Crippen molar-refractivity contribution in [2.45, 2.75) is 34.1 Å². The third kappa shape index (κ3) is 2.66. The van der Waals surface area contributed by atoms with Gasteiger partial charge in [0, 0.05) is 16.5 Å². The van der Waals surface area contributed by atoms with Crippen LogP contribution in [-0.2, 0) is 0 Å². The summed E-state index contributed by atoms with van der Waals surface area (Å²) >= 11 is 1.51. The quantitative estimate of drug-likeness (QED) is 0.749. The third-order valence-corrected chi connectivity index (χ3v) is 5.85. The maximum absolute atomic E-state index is 6.47. The number of hydrogen-bond acceptors (Lipinski definition) is 6. The zero-order valence-electron chi connectivity index (χ0n) is 15.3. The number of aromatic nitrogens is 2. The summed E-state index contributed by atoms with van der Waals surface area (Å²) in [6, 6.07) is 7.95. The predicted molar refractivity (Wildman–Crippen MR) is 105 cm³/mol. The summed E-state index contributed by atoms with van der Waals surface area (Å²) in [5.41, 5.74) is 12.7. The molecular formula is C20H20N4OS. The van der Waals surface area contributed by atoms with Crippen LogP contribution in [0.4, 0.5) is 5.69 Å². The lowest BCUT2D eigenvalue weighted by atomic mass is 10.1. The number of nitrogens with two attached hydrogens (primary N) is 1. The van der Waals surface area contributed by atoms with Crippen LogP contribution in [0.15, 0.2) is 44.9 Å². The molecule has 1 aliphatic rings. The molecule has 0 atom stereocenters. The van der Waals surface area contributed by atoms with Gasteiger partial charge >= 0.3 is 0 Å². The largest absolute Gasteiger partial charge is 0.415 e. The molecule has 0 amide bonds. The Morgan fingerprint density at radius 2 is 1.73 bits per heavy atom. The van der Waals surface area contributed by atoms with Gasteiger partial charge in [-0.25, -0.2) is 4.99 Å². The summed E-state index contributed by atoms with van der Waals surface area (Å²) in [7, 11) is 0. The Bertz CT molecular complexity index is 1170. The summed E-state index contributed by atoms with van der Waals surface area (Å²) in [5.74, 6) is 0.950. The van der Waals surface area contributed by atoms with E-state index in [9.17, 15) is 0 Å². The van der Waals surface area contributed by atoms with Gasteiger partial charge in [-0.15, -0.1) is 21.5 Å². The molecule has 0 saturated heterocycles. The normalized spacial score (nSPS) is 14.2. The number of thiophene rings is 1. The Morgan fingerprint density at radius 1 is 1.00 bits per heavy atom. The minimum absolute atomic E-state index is 0.445. The van der Waals surface area contributed by atoms with Crippen molar-refractivity contribution in [3.8, 4) is 22.2 Å². The van der Waals surface area contributed by atoms with E-state index in [0.29, 0.717) is 17.5 Å². The zero-order valence-corrected chi connectivity index (χ0v) is 16.1. The molecule has 0 bridgehead atoms. The van der Waals surface area contributed by atoms with Crippen LogP contribution in [0.25, 0.3) is 27.8 Å². The minimum atomic E-state index is 0.445. The molecule has 0 radical (unpaired) electrons. The van der Waals surface area contributed by atoms with Gasteiger partial charge in [0.15, 0.2) is 0 Å². The predicted octanol–water partition coefficient (Wildman–Crippen LogP) is 3.84. The van der Waals surface area contributed by atoms with E-state index >= 15 is 0 Å². The van der Waals surface area contributed by atoms with Crippen molar-refractivity contribution in [3.05, 3.63) is 51.0 Å². The molecule has 2 N–H and O–H groups in total. The highest BCUT2D eigenvalue weighted by atomic mass is 32.1. The standard InChI is InChI=1S/C20H20N4OS/c1-10-7-5-6-8-14(10)18-23-24-19(25-18)17-16(21)15-12(3)9-11(2)13(4)22-20(15)26-17/h5-8H,9,21H2,1-4H3. The van der Waals surface area contributed by atoms with Crippen molar-refractivity contribution >= 4 is 22.6 Å². The van der Waals surface area contributed by atoms with Crippen molar-refractivity contribution < 1.29 is 4.42 Å². The average molecular weight is 364 g/mol. The van der Waals surface area contributed by atoms with Gasteiger partial charge in [-0.2, -0.15) is 0 Å². The fourth-order valence-corrected chi connectivity index (χ4v) is 4.32. The van der Waals surface area contributed by atoms with Gasteiger partial charge in [-0.3, -0.25) is 0 Å². The van der Waals surface area contributed by atoms with Crippen LogP contribution >= 0.6 is 11.3 Å². The average Bonchev–Trinajstić information content (AvgIpc) is 3.17. The first-order valence-corrected chi connectivity index (χ1v) is 9.30. The fourth-order valence-electron chi connectivity index (χ4n) is 3.18. The first kappa shape index (κ1) is 16.7. The Balaban J connectivity index is 1.88. The number of rotatable bonds is 2. The Kier molecular flexibility index (Phi) is 4.00. The number of allylic oxidation sites excluding steroid dienone is 2. The molecule has 3 aromatic rings. The van der Waals surface area contributed by atoms with E-state index in [1.54, 1.807) is 0 Å². The zero-order chi connectivity index (χ0) is 18.4. The van der Waals surface area contributed by atoms with Crippen molar-refractivity contribution in [3.63, 3.8) is 0 Å². The first-order chi connectivity index (χ1) is 12.5. The number of nitrogens with zero attached hydrogens (tertiary/aromatic N) is 3. The summed E-state index contributed by atoms with van der Waals surface area (Å²) in [6.45, 7) is 8.28. The van der Waals surface area contributed by atoms with Gasteiger partial charge in [0.2, 0.25) is 5.89 Å². The number of hydrogen-bond donors (Lipinski definition) is 1. The molecule has 0 aliphatic carbocycles. The van der Waals surface area contributed by atoms with Crippen LogP contribution in [0.3, 0.4) is 0 Å². The lowest BCUT2D eigenvalue weighted by Crippen LogP contribution is -2.23. The van der Waals surface area contributed by atoms with Gasteiger partial charge in [-0.05, 0) is 51.3 Å². The molecule has 0 spiro atoms. The first-order valence-electron chi connectivity index (χ1n) is 8.48. The number of aryl methyl sites for hydroxylation is 1. The summed E-state index contributed by atoms with van der Waals surface area (Å²) in [6.07, 6.45) is 0.876. The number of anilines is 1. The number of benzene rings is 1. The highest BCUT2D eigenvalue weighted by Gasteiger charge is 2.20. The molecule has 1 aliphatic heterocycles. The molecule has 2 aromatic heterocycles. The van der Waals surface area contributed by atoms with E-state index in [0.717, 1.165) is 38.0 Å². The van der Waals surface area contributed by atoms with Crippen LogP contribution < -0.4 is 15.6 Å². The molecule has 0 saturated carbocycles. The maximum atomic E-state index is 6.47. The maximum Gasteiger partial charge on any atom is 0.260 e. The van der Waals surface area contributed by atoms with Crippen molar-refractivity contribution in [2.24, 2.45) is 4.99 Å². The SMILES string of the molecule is CC1=C(C)N=c2sc(-c3nnc(-c4ccccc4C)o3)c(N)c2=C(C)C1. The second kappa shape index (κ2) is 6.21. The van der Waals surface area contributed by atoms with E-state index in [2.05, 4.69) is 24.0 Å². The van der Waals surface area contributed by atoms with Gasteiger partial charge in [0.05, 0.1) is 5.69 Å². The molecule has 5 nitrogen and oxygen atoms in total. The van der Waals surface area contributed by atoms with Gasteiger partial charge in [0.1, 0.15) is 9.55 Å². The second-order valence-corrected chi connectivity index (χ2v) is 7.69. The molecule has 4 rings (SSSR count). The molecular weight excluding hydrogens is 344 g/mol. The Labute approximate surface area is 155 Å². The van der Waals surface area contributed by atoms with Crippen LogP contribution in [0, 0.1) is 6.92 Å². The van der Waals surface area contributed by atoms with E-state index < -0.39 is 0 Å². The lowest BCUT2D eigenvalue weighted by Gasteiger charge is -2.02. The third-order valence-electron chi connectivity index (χ3n) is 4.77. The monoisotopic (exact) mass is 364 g/mol. The van der Waals surface area contributed by atoms with Crippen molar-refractivity contribution in [2.75, 3.05) is 5.73 Å². The van der Waals surface area contributed by atoms with Gasteiger partial charge < -0.3 is 10.2 Å². The number of nitrogen functional groups attached to an aromatic ring is 1. The van der Waals surface area contributed by atoms with Crippen LogP contribution in [0.1, 0.15) is 32.8 Å². The van der Waals surface area contributed by atoms with Gasteiger partial charge in [0.25, 0.3) is 5.89 Å². The highest BCUT2D eigenvalue weighted by Crippen LogP contribution is 2.31. The molecule has 3 heterocycles. The van der Waals surface area contributed by atoms with Crippen LogP contribution in [0.2, 0.25) is 0 Å². The van der Waals surface area contributed by atoms with Crippen molar-refractivity contribution in [1.82, 2.24) is 10.2 Å². The van der Waals surface area contributed by atoms with E-state index in [1.165, 1.54) is 22.5 Å². The highest BCUT2D eigenvalue weighted by molar-refractivity contribution is 7.13. The van der Waals surface area contributed by atoms with Gasteiger partial charge in [-0.1, -0.05) is 23.8 Å². The number of fused-ring (bicyclic) bond motifs is 1. The van der Waals surface area contributed by atoms with Crippen LogP contribution in [0.5, 0.6) is 0 Å². The van der Waals surface area contributed by atoms with Crippen LogP contribution in [-0.4, -0.2) is 10.2 Å². The molecule has 1 aromatic carbocycles. The molecule has 26 heavy (non-hydrogen) atoms. The Morgan fingerprint density at radius 3 is 2.50 bits per heavy atom. The molecule has 0 unspecified atom stereocenters. The molecule has 0 fully saturated rings. The second-order valence-electron chi connectivity index (χ2n) is 6.69. The lowest BCUT2D eigenvalue weighted by molar-refractivity contribution is 0.586. The fraction of sp³-hybridized carbons (Fsp3) is 0.250. The van der Waals surface area contributed by atoms with E-state index in [4.69, 9.17) is 15.1 Å². The summed E-state index contributed by atoms with van der Waals surface area (Å²) in [5, 5.41) is 9.48.